The molecular formula is C28H32F3O4P. The molecule has 0 aromatic heterocycles. The molecule has 0 saturated heterocycles. The lowest BCUT2D eigenvalue weighted by Crippen LogP contribution is -2.27. The van der Waals surface area contributed by atoms with Gasteiger partial charge in [0, 0.05) is 0 Å². The van der Waals surface area contributed by atoms with Crippen LogP contribution in [-0.2, 0) is 4.79 Å². The molecule has 0 unspecified atom stereocenters. The van der Waals surface area contributed by atoms with Gasteiger partial charge in [0.2, 0.25) is 0 Å². The minimum absolute atomic E-state index is 0.121. The Bertz CT molecular complexity index is 1030. The van der Waals surface area contributed by atoms with Gasteiger partial charge in [0.15, 0.2) is 0 Å². The van der Waals surface area contributed by atoms with Gasteiger partial charge in [-0.3, -0.25) is 0 Å². The van der Waals surface area contributed by atoms with Crippen LogP contribution in [0.2, 0.25) is 0 Å². The Kier molecular flexibility index (Phi) is 9.94. The molecule has 0 spiro atoms. The second-order valence-electron chi connectivity index (χ2n) is 9.80. The number of benzene rings is 3. The fraction of sp³-hybridized carbons (Fsp3) is 0.321. The number of halogens is 3. The van der Waals surface area contributed by atoms with E-state index in [1.165, 1.54) is 34.9 Å². The quantitative estimate of drug-likeness (QED) is 0.210. The summed E-state index contributed by atoms with van der Waals surface area (Å²) in [6.45, 7) is 12.4. The molecule has 194 valence electrons. The number of ether oxygens (including phenoxy) is 3. The van der Waals surface area contributed by atoms with Gasteiger partial charge in [0.05, 0.1) is 0 Å². The van der Waals surface area contributed by atoms with Crippen molar-refractivity contribution in [2.75, 3.05) is 0 Å². The Morgan fingerprint density at radius 2 is 1.00 bits per heavy atom. The zero-order valence-corrected chi connectivity index (χ0v) is 22.3. The first-order valence-corrected chi connectivity index (χ1v) is 12.3. The maximum Gasteiger partial charge on any atom is 0.491 e. The van der Waals surface area contributed by atoms with Crippen LogP contribution < -0.4 is 24.8 Å². The molecule has 0 fully saturated rings. The molecule has 0 aliphatic heterocycles. The molecule has 3 rings (SSSR count). The molecule has 0 saturated carbocycles. The van der Waals surface area contributed by atoms with Gasteiger partial charge in [-0.15, -0.1) is 0 Å². The Labute approximate surface area is 212 Å². The molecule has 36 heavy (non-hydrogen) atoms. The van der Waals surface area contributed by atoms with Crippen LogP contribution in [0.5, 0.6) is 17.2 Å². The van der Waals surface area contributed by atoms with Crippen LogP contribution in [0.3, 0.4) is 0 Å². The SMILES string of the molecule is CC(C)(C)Oc1ccc(Pc2ccc(OC(C)(C)C)cc2)cc1.O=C(Oc1ccccc1)C(F)(F)F. The molecule has 8 heteroatoms. The lowest BCUT2D eigenvalue weighted by atomic mass is 10.2. The summed E-state index contributed by atoms with van der Waals surface area (Å²) in [4.78, 5) is 10.3. The predicted octanol–water partition coefficient (Wildman–Crippen LogP) is 6.82. The summed E-state index contributed by atoms with van der Waals surface area (Å²) in [6.07, 6.45) is -4.95. The number of para-hydroxylation sites is 1. The Hall–Kier alpha value is -3.05. The molecule has 0 atom stereocenters. The largest absolute Gasteiger partial charge is 0.491 e. The summed E-state index contributed by atoms with van der Waals surface area (Å²) < 4.78 is 50.7. The Balaban J connectivity index is 0.000000297. The number of esters is 1. The summed E-state index contributed by atoms with van der Waals surface area (Å²) in [5.74, 6) is -0.497. The molecular weight excluding hydrogens is 488 g/mol. The topological polar surface area (TPSA) is 44.8 Å². The van der Waals surface area contributed by atoms with Crippen molar-refractivity contribution < 1.29 is 32.2 Å². The fourth-order valence-electron chi connectivity index (χ4n) is 2.74. The predicted molar refractivity (Wildman–Crippen MR) is 139 cm³/mol. The summed E-state index contributed by atoms with van der Waals surface area (Å²) in [5, 5.41) is 2.60. The summed E-state index contributed by atoms with van der Waals surface area (Å²) in [7, 11) is 0.634. The van der Waals surface area contributed by atoms with Crippen LogP contribution in [0.4, 0.5) is 13.2 Å². The van der Waals surface area contributed by atoms with Gasteiger partial charge >= 0.3 is 12.1 Å². The highest BCUT2D eigenvalue weighted by molar-refractivity contribution is 7.55. The Morgan fingerprint density at radius 1 is 0.611 bits per heavy atom. The second-order valence-corrected chi connectivity index (χ2v) is 11.2. The monoisotopic (exact) mass is 520 g/mol. The average molecular weight is 521 g/mol. The van der Waals surface area contributed by atoms with Crippen molar-refractivity contribution in [3.05, 3.63) is 78.9 Å². The normalized spacial score (nSPS) is 11.7. The molecule has 0 bridgehead atoms. The second kappa shape index (κ2) is 12.3. The van der Waals surface area contributed by atoms with Crippen molar-refractivity contribution in [1.29, 1.82) is 0 Å². The molecule has 0 N–H and O–H groups in total. The van der Waals surface area contributed by atoms with Crippen molar-refractivity contribution in [2.45, 2.75) is 58.9 Å². The van der Waals surface area contributed by atoms with Crippen molar-refractivity contribution in [2.24, 2.45) is 0 Å². The zero-order valence-electron chi connectivity index (χ0n) is 21.3. The highest BCUT2D eigenvalue weighted by atomic mass is 31.1. The van der Waals surface area contributed by atoms with E-state index in [9.17, 15) is 18.0 Å². The third-order valence-corrected chi connectivity index (χ3v) is 5.27. The van der Waals surface area contributed by atoms with Crippen LogP contribution in [0.25, 0.3) is 0 Å². The van der Waals surface area contributed by atoms with Crippen LogP contribution >= 0.6 is 8.58 Å². The minimum atomic E-state index is -4.95. The molecule has 4 nitrogen and oxygen atoms in total. The first-order valence-electron chi connectivity index (χ1n) is 11.3. The molecule has 3 aromatic rings. The molecule has 0 aliphatic carbocycles. The van der Waals surface area contributed by atoms with Crippen molar-refractivity contribution >= 4 is 25.2 Å². The van der Waals surface area contributed by atoms with E-state index in [0.717, 1.165) is 11.5 Å². The zero-order chi connectivity index (χ0) is 27.0. The molecule has 0 radical (unpaired) electrons. The smallest absolute Gasteiger partial charge is 0.488 e. The highest BCUT2D eigenvalue weighted by Gasteiger charge is 2.41. The molecule has 0 amide bonds. The number of hydrogen-bond acceptors (Lipinski definition) is 4. The van der Waals surface area contributed by atoms with Gasteiger partial charge in [-0.1, -0.05) is 51.0 Å². The van der Waals surface area contributed by atoms with Crippen molar-refractivity contribution in [3.63, 3.8) is 0 Å². The average Bonchev–Trinajstić information content (AvgIpc) is 2.75. The van der Waals surface area contributed by atoms with E-state index in [4.69, 9.17) is 9.47 Å². The van der Waals surface area contributed by atoms with Gasteiger partial charge in [-0.05, 0) is 88.5 Å². The number of carbonyl (C=O) groups is 1. The van der Waals surface area contributed by atoms with Crippen LogP contribution in [0.1, 0.15) is 41.5 Å². The van der Waals surface area contributed by atoms with Crippen molar-refractivity contribution in [1.82, 2.24) is 0 Å². The van der Waals surface area contributed by atoms with Gasteiger partial charge in [0.1, 0.15) is 28.5 Å². The molecule has 0 aliphatic rings. The van der Waals surface area contributed by atoms with E-state index in [0.29, 0.717) is 8.58 Å². The van der Waals surface area contributed by atoms with Gasteiger partial charge < -0.3 is 14.2 Å². The Morgan fingerprint density at radius 3 is 1.33 bits per heavy atom. The van der Waals surface area contributed by atoms with Crippen LogP contribution in [0, 0.1) is 0 Å². The highest BCUT2D eigenvalue weighted by Crippen LogP contribution is 2.22. The van der Waals surface area contributed by atoms with E-state index >= 15 is 0 Å². The van der Waals surface area contributed by atoms with E-state index < -0.39 is 12.1 Å². The first-order chi connectivity index (χ1) is 16.6. The van der Waals surface area contributed by atoms with Crippen LogP contribution in [0.15, 0.2) is 78.9 Å². The van der Waals surface area contributed by atoms with E-state index in [-0.39, 0.29) is 17.0 Å². The number of carbonyl (C=O) groups excluding carboxylic acids is 1. The van der Waals surface area contributed by atoms with Crippen LogP contribution in [-0.4, -0.2) is 23.3 Å². The third-order valence-electron chi connectivity index (χ3n) is 4.03. The lowest BCUT2D eigenvalue weighted by Gasteiger charge is -2.21. The fourth-order valence-corrected chi connectivity index (χ4v) is 3.74. The van der Waals surface area contributed by atoms with Gasteiger partial charge in [0.25, 0.3) is 0 Å². The summed E-state index contributed by atoms with van der Waals surface area (Å²) in [6, 6.07) is 23.8. The van der Waals surface area contributed by atoms with E-state index in [1.54, 1.807) is 6.07 Å². The van der Waals surface area contributed by atoms with Crippen molar-refractivity contribution in [3.8, 4) is 17.2 Å². The molecule has 3 aromatic carbocycles. The first kappa shape index (κ1) is 29.2. The maximum atomic E-state index is 11.7. The molecule has 0 heterocycles. The standard InChI is InChI=1S/C20H27O2P.C8H5F3O2/c1-19(2,3)21-15-7-11-17(12-8-15)23-18-13-9-16(10-14-18)22-20(4,5)6;9-8(10,11)7(12)13-6-4-2-1-3-5-6/h7-14,23H,1-6H3;1-5H. The van der Waals surface area contributed by atoms with Gasteiger partial charge in [-0.2, -0.15) is 13.2 Å². The van der Waals surface area contributed by atoms with E-state index in [1.807, 2.05) is 24.3 Å². The maximum absolute atomic E-state index is 11.7. The van der Waals surface area contributed by atoms with E-state index in [2.05, 4.69) is 70.5 Å². The number of hydrogen-bond donors (Lipinski definition) is 0. The minimum Gasteiger partial charge on any atom is -0.488 e. The number of alkyl halides is 3. The summed E-state index contributed by atoms with van der Waals surface area (Å²) >= 11 is 0. The lowest BCUT2D eigenvalue weighted by molar-refractivity contribution is -0.189. The number of rotatable bonds is 5. The summed E-state index contributed by atoms with van der Waals surface area (Å²) in [5.41, 5.74) is -0.320. The third kappa shape index (κ3) is 11.6. The van der Waals surface area contributed by atoms with Gasteiger partial charge in [-0.25, -0.2) is 4.79 Å².